The molecule has 0 aliphatic carbocycles. The van der Waals surface area contributed by atoms with Crippen molar-refractivity contribution in [3.05, 3.63) is 41.2 Å². The van der Waals surface area contributed by atoms with Gasteiger partial charge in [0.1, 0.15) is 5.75 Å². The Balaban J connectivity index is 1.55. The van der Waals surface area contributed by atoms with Crippen LogP contribution in [0.2, 0.25) is 0 Å². The first kappa shape index (κ1) is 17.1. The molecule has 0 saturated carbocycles. The number of rotatable bonds is 7. The zero-order valence-electron chi connectivity index (χ0n) is 14.0. The minimum absolute atomic E-state index is 0.129. The Morgan fingerprint density at radius 3 is 2.80 bits per heavy atom. The molecule has 0 aliphatic heterocycles. The van der Waals surface area contributed by atoms with Crippen molar-refractivity contribution in [1.82, 2.24) is 15.1 Å². The summed E-state index contributed by atoms with van der Waals surface area (Å²) in [6.45, 7) is 4.49. The van der Waals surface area contributed by atoms with E-state index in [9.17, 15) is 4.79 Å². The van der Waals surface area contributed by atoms with Gasteiger partial charge >= 0.3 is 0 Å². The maximum absolute atomic E-state index is 11.9. The Morgan fingerprint density at radius 2 is 2.12 bits per heavy atom. The highest BCUT2D eigenvalue weighted by Crippen LogP contribution is 2.20. The highest BCUT2D eigenvalue weighted by atomic mass is 32.1. The van der Waals surface area contributed by atoms with E-state index in [1.165, 1.54) is 11.3 Å². The number of anilines is 1. The van der Waals surface area contributed by atoms with Crippen LogP contribution in [0.3, 0.4) is 0 Å². The molecule has 1 amide bonds. The summed E-state index contributed by atoms with van der Waals surface area (Å²) in [6, 6.07) is 7.46. The van der Waals surface area contributed by atoms with Gasteiger partial charge in [0.05, 0.1) is 6.61 Å². The van der Waals surface area contributed by atoms with E-state index in [0.717, 1.165) is 16.2 Å². The average molecular weight is 358 g/mol. The zero-order valence-corrected chi connectivity index (χ0v) is 14.8. The second kappa shape index (κ2) is 7.89. The normalized spacial score (nSPS) is 10.6. The van der Waals surface area contributed by atoms with Crippen LogP contribution in [-0.4, -0.2) is 27.6 Å². The summed E-state index contributed by atoms with van der Waals surface area (Å²) in [7, 11) is 0. The molecule has 2 heterocycles. The second-order valence-electron chi connectivity index (χ2n) is 5.29. The largest absolute Gasteiger partial charge is 0.494 e. The van der Waals surface area contributed by atoms with Crippen LogP contribution in [0.1, 0.15) is 24.1 Å². The number of benzene rings is 1. The van der Waals surface area contributed by atoms with Gasteiger partial charge in [-0.1, -0.05) is 5.16 Å². The number of nitrogens with one attached hydrogen (secondary N) is 1. The maximum atomic E-state index is 11.9. The lowest BCUT2D eigenvalue weighted by Gasteiger charge is -2.02. The number of nitrogens with zero attached hydrogens (tertiary/aromatic N) is 3. The quantitative estimate of drug-likeness (QED) is 0.695. The second-order valence-corrected chi connectivity index (χ2v) is 6.53. The van der Waals surface area contributed by atoms with E-state index >= 15 is 0 Å². The number of carbonyl (C=O) groups excluding carboxylic acids is 1. The molecular formula is C17H18N4O3S. The van der Waals surface area contributed by atoms with Crippen LogP contribution in [0.4, 0.5) is 5.13 Å². The van der Waals surface area contributed by atoms with E-state index in [4.69, 9.17) is 9.26 Å². The molecular weight excluding hydrogens is 340 g/mol. The Labute approximate surface area is 149 Å². The molecule has 0 aliphatic rings. The molecule has 3 rings (SSSR count). The maximum Gasteiger partial charge on any atom is 0.227 e. The van der Waals surface area contributed by atoms with Crippen molar-refractivity contribution in [2.45, 2.75) is 26.7 Å². The number of hydrogen-bond acceptors (Lipinski definition) is 7. The SMILES string of the molecule is CCOc1ccc(-c2noc(CCC(=O)Nc3ncc(C)s3)n2)cc1. The van der Waals surface area contributed by atoms with E-state index in [0.29, 0.717) is 29.9 Å². The molecule has 0 saturated heterocycles. The summed E-state index contributed by atoms with van der Waals surface area (Å²) in [5.41, 5.74) is 0.834. The van der Waals surface area contributed by atoms with Crippen molar-refractivity contribution in [2.75, 3.05) is 11.9 Å². The van der Waals surface area contributed by atoms with Gasteiger partial charge in [-0.2, -0.15) is 4.98 Å². The van der Waals surface area contributed by atoms with Gasteiger partial charge in [-0.05, 0) is 38.1 Å². The topological polar surface area (TPSA) is 90.1 Å². The third kappa shape index (κ3) is 4.63. The van der Waals surface area contributed by atoms with Gasteiger partial charge in [0.25, 0.3) is 0 Å². The molecule has 1 aromatic carbocycles. The predicted octanol–water partition coefficient (Wildman–Crippen LogP) is 3.47. The van der Waals surface area contributed by atoms with Crippen molar-refractivity contribution < 1.29 is 14.1 Å². The van der Waals surface area contributed by atoms with Crippen LogP contribution >= 0.6 is 11.3 Å². The number of ether oxygens (including phenoxy) is 1. The van der Waals surface area contributed by atoms with Gasteiger partial charge < -0.3 is 14.6 Å². The Kier molecular flexibility index (Phi) is 5.39. The molecule has 0 atom stereocenters. The van der Waals surface area contributed by atoms with Crippen LogP contribution in [-0.2, 0) is 11.2 Å². The zero-order chi connectivity index (χ0) is 17.6. The van der Waals surface area contributed by atoms with E-state index in [1.807, 2.05) is 38.1 Å². The van der Waals surface area contributed by atoms with E-state index in [2.05, 4.69) is 20.4 Å². The van der Waals surface area contributed by atoms with Crippen molar-refractivity contribution in [3.8, 4) is 17.1 Å². The van der Waals surface area contributed by atoms with Crippen molar-refractivity contribution in [3.63, 3.8) is 0 Å². The Hall–Kier alpha value is -2.74. The first-order chi connectivity index (χ1) is 12.1. The number of thiazole rings is 1. The molecule has 8 heteroatoms. The van der Waals surface area contributed by atoms with E-state index in [1.54, 1.807) is 6.20 Å². The van der Waals surface area contributed by atoms with Crippen LogP contribution in [0, 0.1) is 6.92 Å². The molecule has 2 aromatic heterocycles. The molecule has 25 heavy (non-hydrogen) atoms. The summed E-state index contributed by atoms with van der Waals surface area (Å²) in [6.07, 6.45) is 2.35. The molecule has 0 radical (unpaired) electrons. The van der Waals surface area contributed by atoms with Gasteiger partial charge in [0, 0.05) is 29.5 Å². The fourth-order valence-electron chi connectivity index (χ4n) is 2.16. The fraction of sp³-hybridized carbons (Fsp3) is 0.294. The fourth-order valence-corrected chi connectivity index (χ4v) is 2.84. The van der Waals surface area contributed by atoms with Crippen LogP contribution in [0.25, 0.3) is 11.4 Å². The standard InChI is InChI=1S/C17H18N4O3S/c1-3-23-13-6-4-12(5-7-13)16-20-15(24-21-16)9-8-14(22)19-17-18-10-11(2)25-17/h4-7,10H,3,8-9H2,1-2H3,(H,18,19,22). The molecule has 1 N–H and O–H groups in total. The summed E-state index contributed by atoms with van der Waals surface area (Å²) in [5, 5.41) is 7.31. The average Bonchev–Trinajstić information content (AvgIpc) is 3.23. The monoisotopic (exact) mass is 358 g/mol. The number of hydrogen-bond donors (Lipinski definition) is 1. The van der Waals surface area contributed by atoms with Gasteiger partial charge in [-0.25, -0.2) is 4.98 Å². The number of aryl methyl sites for hydroxylation is 2. The first-order valence-corrected chi connectivity index (χ1v) is 8.74. The van der Waals surface area contributed by atoms with Crippen LogP contribution in [0.15, 0.2) is 35.0 Å². The van der Waals surface area contributed by atoms with Crippen molar-refractivity contribution in [1.29, 1.82) is 0 Å². The van der Waals surface area contributed by atoms with Crippen LogP contribution < -0.4 is 10.1 Å². The molecule has 7 nitrogen and oxygen atoms in total. The predicted molar refractivity (Wildman–Crippen MR) is 94.7 cm³/mol. The molecule has 0 bridgehead atoms. The number of aromatic nitrogens is 3. The summed E-state index contributed by atoms with van der Waals surface area (Å²) in [4.78, 5) is 21.4. The molecule has 3 aromatic rings. The lowest BCUT2D eigenvalue weighted by atomic mass is 10.2. The minimum atomic E-state index is -0.129. The molecule has 0 unspecified atom stereocenters. The van der Waals surface area contributed by atoms with Gasteiger partial charge in [-0.3, -0.25) is 4.79 Å². The number of carbonyl (C=O) groups is 1. The number of amides is 1. The summed E-state index contributed by atoms with van der Waals surface area (Å²) < 4.78 is 10.6. The molecule has 130 valence electrons. The van der Waals surface area contributed by atoms with Crippen molar-refractivity contribution in [2.24, 2.45) is 0 Å². The van der Waals surface area contributed by atoms with E-state index in [-0.39, 0.29) is 12.3 Å². The minimum Gasteiger partial charge on any atom is -0.494 e. The lowest BCUT2D eigenvalue weighted by molar-refractivity contribution is -0.116. The molecule has 0 fully saturated rings. The Bertz CT molecular complexity index is 842. The smallest absolute Gasteiger partial charge is 0.227 e. The highest BCUT2D eigenvalue weighted by Gasteiger charge is 2.12. The highest BCUT2D eigenvalue weighted by molar-refractivity contribution is 7.15. The van der Waals surface area contributed by atoms with Gasteiger partial charge in [-0.15, -0.1) is 11.3 Å². The Morgan fingerprint density at radius 1 is 1.32 bits per heavy atom. The summed E-state index contributed by atoms with van der Waals surface area (Å²) in [5.74, 6) is 1.59. The van der Waals surface area contributed by atoms with E-state index < -0.39 is 0 Å². The molecule has 0 spiro atoms. The van der Waals surface area contributed by atoms with Gasteiger partial charge in [0.15, 0.2) is 5.13 Å². The third-order valence-corrected chi connectivity index (χ3v) is 4.15. The van der Waals surface area contributed by atoms with Crippen molar-refractivity contribution >= 4 is 22.4 Å². The van der Waals surface area contributed by atoms with Gasteiger partial charge in [0.2, 0.25) is 17.6 Å². The van der Waals surface area contributed by atoms with Crippen LogP contribution in [0.5, 0.6) is 5.75 Å². The lowest BCUT2D eigenvalue weighted by Crippen LogP contribution is -2.12. The third-order valence-electron chi connectivity index (χ3n) is 3.33. The summed E-state index contributed by atoms with van der Waals surface area (Å²) >= 11 is 1.44. The first-order valence-electron chi connectivity index (χ1n) is 7.92.